The average Bonchev–Trinajstić information content (AvgIpc) is 2.26. The van der Waals surface area contributed by atoms with Crippen LogP contribution in [0.1, 0.15) is 32.8 Å². The van der Waals surface area contributed by atoms with Gasteiger partial charge in [0, 0.05) is 11.6 Å². The summed E-state index contributed by atoms with van der Waals surface area (Å²) in [6.07, 6.45) is 0.584. The Kier molecular flexibility index (Phi) is 4.78. The molecule has 0 saturated heterocycles. The third-order valence-corrected chi connectivity index (χ3v) is 5.17. The highest BCUT2D eigenvalue weighted by molar-refractivity contribution is 7.89. The maximum Gasteiger partial charge on any atom is 0.289 e. The van der Waals surface area contributed by atoms with E-state index >= 15 is 0 Å². The molecule has 0 bridgehead atoms. The Labute approximate surface area is 123 Å². The van der Waals surface area contributed by atoms with Gasteiger partial charge in [0.2, 0.25) is 10.0 Å². The summed E-state index contributed by atoms with van der Waals surface area (Å²) >= 11 is 5.75. The Balaban J connectivity index is 3.39. The fourth-order valence-corrected chi connectivity index (χ4v) is 3.58. The van der Waals surface area contributed by atoms with E-state index in [2.05, 4.69) is 4.72 Å². The third-order valence-electron chi connectivity index (χ3n) is 3.03. The van der Waals surface area contributed by atoms with E-state index in [0.717, 1.165) is 6.07 Å². The second-order valence-electron chi connectivity index (χ2n) is 5.17. The Morgan fingerprint density at radius 2 is 1.95 bits per heavy atom. The van der Waals surface area contributed by atoms with E-state index in [-0.39, 0.29) is 9.92 Å². The number of nitro groups is 1. The van der Waals surface area contributed by atoms with E-state index in [1.807, 2.05) is 6.92 Å². The predicted octanol–water partition coefficient (Wildman–Crippen LogP) is 3.02. The van der Waals surface area contributed by atoms with Gasteiger partial charge in [-0.2, -0.15) is 0 Å². The van der Waals surface area contributed by atoms with Gasteiger partial charge in [-0.1, -0.05) is 18.5 Å². The maximum absolute atomic E-state index is 12.3. The molecule has 0 unspecified atom stereocenters. The molecule has 1 rings (SSSR count). The Morgan fingerprint density at radius 3 is 2.40 bits per heavy atom. The van der Waals surface area contributed by atoms with Crippen molar-refractivity contribution in [2.24, 2.45) is 0 Å². The molecule has 0 aliphatic rings. The topological polar surface area (TPSA) is 89.3 Å². The van der Waals surface area contributed by atoms with Crippen LogP contribution in [-0.4, -0.2) is 18.9 Å². The summed E-state index contributed by atoms with van der Waals surface area (Å²) < 4.78 is 27.2. The Morgan fingerprint density at radius 1 is 1.40 bits per heavy atom. The van der Waals surface area contributed by atoms with Gasteiger partial charge in [0.15, 0.2) is 0 Å². The first-order valence-electron chi connectivity index (χ1n) is 5.98. The highest BCUT2D eigenvalue weighted by Crippen LogP contribution is 2.30. The quantitative estimate of drug-likeness (QED) is 0.667. The van der Waals surface area contributed by atoms with Crippen LogP contribution in [0, 0.1) is 17.0 Å². The highest BCUT2D eigenvalue weighted by atomic mass is 35.5. The molecule has 0 heterocycles. The van der Waals surface area contributed by atoms with E-state index in [0.29, 0.717) is 12.0 Å². The molecule has 0 amide bonds. The van der Waals surface area contributed by atoms with Crippen molar-refractivity contribution in [1.29, 1.82) is 0 Å². The molecule has 0 atom stereocenters. The molecule has 1 aromatic rings. The van der Waals surface area contributed by atoms with E-state index in [1.165, 1.54) is 6.07 Å². The minimum Gasteiger partial charge on any atom is -0.258 e. The molecular formula is C12H17ClN2O4S. The van der Waals surface area contributed by atoms with Gasteiger partial charge in [0.05, 0.1) is 9.82 Å². The molecule has 0 aliphatic heterocycles. The summed E-state index contributed by atoms with van der Waals surface area (Å²) in [5, 5.41) is 10.8. The summed E-state index contributed by atoms with van der Waals surface area (Å²) in [4.78, 5) is 10.0. The number of hydrogen-bond acceptors (Lipinski definition) is 4. The number of rotatable bonds is 5. The van der Waals surface area contributed by atoms with E-state index < -0.39 is 26.2 Å². The average molecular weight is 321 g/mol. The van der Waals surface area contributed by atoms with Gasteiger partial charge in [-0.05, 0) is 38.8 Å². The van der Waals surface area contributed by atoms with Crippen LogP contribution in [-0.2, 0) is 10.0 Å². The molecule has 20 heavy (non-hydrogen) atoms. The van der Waals surface area contributed by atoms with Gasteiger partial charge in [-0.15, -0.1) is 0 Å². The zero-order valence-electron chi connectivity index (χ0n) is 11.7. The second kappa shape index (κ2) is 5.67. The van der Waals surface area contributed by atoms with Crippen molar-refractivity contribution in [3.8, 4) is 0 Å². The summed E-state index contributed by atoms with van der Waals surface area (Å²) in [7, 11) is -3.85. The van der Waals surface area contributed by atoms with Crippen LogP contribution in [0.15, 0.2) is 17.0 Å². The van der Waals surface area contributed by atoms with Crippen molar-refractivity contribution in [3.05, 3.63) is 32.8 Å². The van der Waals surface area contributed by atoms with Crippen LogP contribution < -0.4 is 4.72 Å². The van der Waals surface area contributed by atoms with Crippen LogP contribution in [0.25, 0.3) is 0 Å². The number of nitrogens with one attached hydrogen (secondary N) is 1. The number of nitrogens with zero attached hydrogens (tertiary/aromatic N) is 1. The number of halogens is 1. The van der Waals surface area contributed by atoms with Crippen molar-refractivity contribution in [1.82, 2.24) is 4.72 Å². The van der Waals surface area contributed by atoms with E-state index in [9.17, 15) is 18.5 Å². The van der Waals surface area contributed by atoms with Crippen molar-refractivity contribution < 1.29 is 13.3 Å². The van der Waals surface area contributed by atoms with Gasteiger partial charge in [-0.25, -0.2) is 13.1 Å². The van der Waals surface area contributed by atoms with Crippen molar-refractivity contribution >= 4 is 27.3 Å². The fraction of sp³-hybridized carbons (Fsp3) is 0.500. The summed E-state index contributed by atoms with van der Waals surface area (Å²) in [5.41, 5.74) is -0.702. The number of nitro benzene ring substituents is 1. The standard InChI is InChI=1S/C12H17ClN2O4S/c1-5-12(3,4)14-20(18,19)11-7-10(15(16)17)9(13)6-8(11)2/h6-7,14H,5H2,1-4H3. The molecule has 0 spiro atoms. The molecule has 6 nitrogen and oxygen atoms in total. The first-order chi connectivity index (χ1) is 9.00. The normalized spacial score (nSPS) is 12.4. The lowest BCUT2D eigenvalue weighted by Gasteiger charge is -2.24. The molecule has 0 aliphatic carbocycles. The number of aryl methyl sites for hydroxylation is 1. The number of sulfonamides is 1. The lowest BCUT2D eigenvalue weighted by molar-refractivity contribution is -0.384. The van der Waals surface area contributed by atoms with Crippen molar-refractivity contribution in [3.63, 3.8) is 0 Å². The van der Waals surface area contributed by atoms with E-state index in [4.69, 9.17) is 11.6 Å². The van der Waals surface area contributed by atoms with Gasteiger partial charge in [0.25, 0.3) is 5.69 Å². The first-order valence-corrected chi connectivity index (χ1v) is 7.85. The predicted molar refractivity (Wildman–Crippen MR) is 77.5 cm³/mol. The van der Waals surface area contributed by atoms with E-state index in [1.54, 1.807) is 20.8 Å². The van der Waals surface area contributed by atoms with Crippen LogP contribution in [0.5, 0.6) is 0 Å². The maximum atomic E-state index is 12.3. The van der Waals surface area contributed by atoms with Gasteiger partial charge in [0.1, 0.15) is 5.02 Å². The molecule has 0 fully saturated rings. The van der Waals surface area contributed by atoms with Crippen LogP contribution in [0.2, 0.25) is 5.02 Å². The van der Waals surface area contributed by atoms with Gasteiger partial charge in [-0.3, -0.25) is 10.1 Å². The van der Waals surface area contributed by atoms with Crippen LogP contribution in [0.3, 0.4) is 0 Å². The molecule has 1 N–H and O–H groups in total. The minimum absolute atomic E-state index is 0.0822. The lowest BCUT2D eigenvalue weighted by Crippen LogP contribution is -2.42. The molecule has 112 valence electrons. The van der Waals surface area contributed by atoms with Gasteiger partial charge < -0.3 is 0 Å². The zero-order chi connectivity index (χ0) is 15.7. The van der Waals surface area contributed by atoms with Crippen molar-refractivity contribution in [2.75, 3.05) is 0 Å². The zero-order valence-corrected chi connectivity index (χ0v) is 13.3. The third kappa shape index (κ3) is 3.68. The molecular weight excluding hydrogens is 304 g/mol. The molecule has 0 radical (unpaired) electrons. The molecule has 8 heteroatoms. The highest BCUT2D eigenvalue weighted by Gasteiger charge is 2.28. The summed E-state index contributed by atoms with van der Waals surface area (Å²) in [6, 6.07) is 2.28. The molecule has 1 aromatic carbocycles. The van der Waals surface area contributed by atoms with Crippen LogP contribution in [0.4, 0.5) is 5.69 Å². The molecule has 0 saturated carbocycles. The lowest BCUT2D eigenvalue weighted by atomic mass is 10.0. The first kappa shape index (κ1) is 16.9. The fourth-order valence-electron chi connectivity index (χ4n) is 1.56. The largest absolute Gasteiger partial charge is 0.289 e. The summed E-state index contributed by atoms with van der Waals surface area (Å²) in [6.45, 7) is 6.87. The van der Waals surface area contributed by atoms with Crippen molar-refractivity contribution in [2.45, 2.75) is 44.6 Å². The number of benzene rings is 1. The second-order valence-corrected chi connectivity index (χ2v) is 7.23. The van der Waals surface area contributed by atoms with Crippen LogP contribution >= 0.6 is 11.6 Å². The smallest absolute Gasteiger partial charge is 0.258 e. The summed E-state index contributed by atoms with van der Waals surface area (Å²) in [5.74, 6) is 0. The number of hydrogen-bond donors (Lipinski definition) is 1. The Bertz CT molecular complexity index is 641. The SMILES string of the molecule is CCC(C)(C)NS(=O)(=O)c1cc([N+](=O)[O-])c(Cl)cc1C. The molecule has 0 aromatic heterocycles. The monoisotopic (exact) mass is 320 g/mol. The Hall–Kier alpha value is -1.18. The minimum atomic E-state index is -3.85. The van der Waals surface area contributed by atoms with Gasteiger partial charge >= 0.3 is 0 Å².